The largest absolute Gasteiger partial charge is 0.341 e. The Kier molecular flexibility index (Phi) is 4.33. The number of benzene rings is 1. The van der Waals surface area contributed by atoms with Crippen LogP contribution in [0.1, 0.15) is 60.4 Å². The number of amides is 1. The van der Waals surface area contributed by atoms with Gasteiger partial charge in [-0.1, -0.05) is 25.1 Å². The molecule has 0 bridgehead atoms. The summed E-state index contributed by atoms with van der Waals surface area (Å²) < 4.78 is 5.14. The van der Waals surface area contributed by atoms with E-state index in [9.17, 15) is 4.79 Å². The Morgan fingerprint density at radius 2 is 2.14 bits per heavy atom. The van der Waals surface area contributed by atoms with Crippen LogP contribution in [0.25, 0.3) is 0 Å². The molecule has 1 atom stereocenters. The maximum absolute atomic E-state index is 12.1. The van der Waals surface area contributed by atoms with Crippen molar-refractivity contribution in [3.8, 4) is 6.07 Å². The maximum Gasteiger partial charge on any atom is 0.251 e. The summed E-state index contributed by atoms with van der Waals surface area (Å²) in [7, 11) is 0. The van der Waals surface area contributed by atoms with Crippen molar-refractivity contribution in [2.75, 3.05) is 0 Å². The summed E-state index contributed by atoms with van der Waals surface area (Å²) in [6.45, 7) is 5.69. The van der Waals surface area contributed by atoms with Gasteiger partial charge in [-0.05, 0) is 25.1 Å². The van der Waals surface area contributed by atoms with Gasteiger partial charge in [-0.2, -0.15) is 10.2 Å². The van der Waals surface area contributed by atoms with Crippen LogP contribution in [0.15, 0.2) is 28.8 Å². The molecule has 6 nitrogen and oxygen atoms in total. The Bertz CT molecular complexity index is 685. The van der Waals surface area contributed by atoms with E-state index in [1.807, 2.05) is 19.9 Å². The third-order valence-electron chi connectivity index (χ3n) is 2.95. The van der Waals surface area contributed by atoms with E-state index in [1.54, 1.807) is 25.1 Å². The second-order valence-electron chi connectivity index (χ2n) is 5.03. The molecule has 0 saturated carbocycles. The molecule has 0 unspecified atom stereocenters. The molecule has 0 aliphatic heterocycles. The number of rotatable bonds is 4. The van der Waals surface area contributed by atoms with Crippen LogP contribution in [0, 0.1) is 11.3 Å². The molecule has 1 amide bonds. The molecule has 0 radical (unpaired) electrons. The lowest BCUT2D eigenvalue weighted by molar-refractivity contribution is 0.0932. The van der Waals surface area contributed by atoms with Crippen molar-refractivity contribution >= 4 is 5.91 Å². The zero-order valence-corrected chi connectivity index (χ0v) is 12.1. The average Bonchev–Trinajstić information content (AvgIpc) is 2.97. The fourth-order valence-corrected chi connectivity index (χ4v) is 1.73. The fraction of sp³-hybridized carbons (Fsp3) is 0.333. The summed E-state index contributed by atoms with van der Waals surface area (Å²) in [6.07, 6.45) is 0. The highest BCUT2D eigenvalue weighted by Gasteiger charge is 2.18. The molecule has 0 saturated heterocycles. The second-order valence-corrected chi connectivity index (χ2v) is 5.03. The molecule has 0 spiro atoms. The summed E-state index contributed by atoms with van der Waals surface area (Å²) in [5, 5.41) is 15.5. The van der Waals surface area contributed by atoms with Gasteiger partial charge in [-0.25, -0.2) is 0 Å². The Morgan fingerprint density at radius 3 is 2.76 bits per heavy atom. The fourth-order valence-electron chi connectivity index (χ4n) is 1.73. The van der Waals surface area contributed by atoms with Crippen molar-refractivity contribution in [2.24, 2.45) is 0 Å². The van der Waals surface area contributed by atoms with Gasteiger partial charge in [0.1, 0.15) is 6.04 Å². The van der Waals surface area contributed by atoms with Gasteiger partial charge in [0.15, 0.2) is 5.82 Å². The molecule has 0 aliphatic rings. The lowest BCUT2D eigenvalue weighted by Crippen LogP contribution is -2.26. The highest BCUT2D eigenvalue weighted by atomic mass is 16.5. The van der Waals surface area contributed by atoms with E-state index in [0.717, 1.165) is 0 Å². The molecule has 1 aromatic carbocycles. The first-order valence-electron chi connectivity index (χ1n) is 6.65. The van der Waals surface area contributed by atoms with Gasteiger partial charge in [0.2, 0.25) is 5.89 Å². The highest BCUT2D eigenvalue weighted by molar-refractivity contribution is 5.94. The number of nitrogens with one attached hydrogen (secondary N) is 1. The van der Waals surface area contributed by atoms with Crippen molar-refractivity contribution in [3.05, 3.63) is 47.1 Å². The summed E-state index contributed by atoms with van der Waals surface area (Å²) in [4.78, 5) is 16.4. The highest BCUT2D eigenvalue weighted by Crippen LogP contribution is 2.15. The molecule has 21 heavy (non-hydrogen) atoms. The number of carbonyl (C=O) groups excluding carboxylic acids is 1. The van der Waals surface area contributed by atoms with Crippen LogP contribution in [0.4, 0.5) is 0 Å². The van der Waals surface area contributed by atoms with Crippen LogP contribution in [0.3, 0.4) is 0 Å². The second kappa shape index (κ2) is 6.18. The summed E-state index contributed by atoms with van der Waals surface area (Å²) in [5.41, 5.74) is 0.861. The Morgan fingerprint density at radius 1 is 1.38 bits per heavy atom. The van der Waals surface area contributed by atoms with Crippen LogP contribution in [-0.4, -0.2) is 16.0 Å². The molecular weight excluding hydrogens is 268 g/mol. The summed E-state index contributed by atoms with van der Waals surface area (Å²) in [5.74, 6) is 0.850. The lowest BCUT2D eigenvalue weighted by Gasteiger charge is -2.09. The zero-order chi connectivity index (χ0) is 15.4. The molecule has 1 heterocycles. The number of hydrogen-bond donors (Lipinski definition) is 1. The van der Waals surface area contributed by atoms with Gasteiger partial charge in [0.25, 0.3) is 5.91 Å². The standard InChI is InChI=1S/C15H16N4O2/c1-9(2)13-18-15(21-19-13)10(3)17-14(20)12-6-4-5-11(7-12)8-16/h4-7,9-10H,1-3H3,(H,17,20)/t10-/m1/s1. The van der Waals surface area contributed by atoms with E-state index in [-0.39, 0.29) is 11.8 Å². The number of aromatic nitrogens is 2. The molecule has 6 heteroatoms. The topological polar surface area (TPSA) is 91.8 Å². The van der Waals surface area contributed by atoms with Crippen LogP contribution in [-0.2, 0) is 0 Å². The minimum Gasteiger partial charge on any atom is -0.341 e. The third kappa shape index (κ3) is 3.45. The summed E-state index contributed by atoms with van der Waals surface area (Å²) >= 11 is 0. The number of nitriles is 1. The van der Waals surface area contributed by atoms with Crippen molar-refractivity contribution < 1.29 is 9.32 Å². The molecular formula is C15H16N4O2. The predicted molar refractivity (Wildman–Crippen MR) is 75.4 cm³/mol. The van der Waals surface area contributed by atoms with E-state index in [2.05, 4.69) is 15.5 Å². The third-order valence-corrected chi connectivity index (χ3v) is 2.95. The molecule has 2 aromatic rings. The van der Waals surface area contributed by atoms with Crippen LogP contribution in [0.5, 0.6) is 0 Å². The normalized spacial score (nSPS) is 12.0. The molecule has 0 aliphatic carbocycles. The van der Waals surface area contributed by atoms with Crippen LogP contribution in [0.2, 0.25) is 0 Å². The van der Waals surface area contributed by atoms with E-state index in [4.69, 9.17) is 9.78 Å². The van der Waals surface area contributed by atoms with Crippen molar-refractivity contribution in [2.45, 2.75) is 32.7 Å². The number of carbonyl (C=O) groups is 1. The maximum atomic E-state index is 12.1. The SMILES string of the molecule is CC(C)c1noc([C@@H](C)NC(=O)c2cccc(C#N)c2)n1. The van der Waals surface area contributed by atoms with Crippen molar-refractivity contribution in [1.29, 1.82) is 5.26 Å². The Balaban J connectivity index is 2.09. The smallest absolute Gasteiger partial charge is 0.251 e. The average molecular weight is 284 g/mol. The minimum atomic E-state index is -0.400. The van der Waals surface area contributed by atoms with E-state index in [1.165, 1.54) is 6.07 Å². The van der Waals surface area contributed by atoms with Crippen molar-refractivity contribution in [3.63, 3.8) is 0 Å². The van der Waals surface area contributed by atoms with Gasteiger partial charge in [-0.15, -0.1) is 0 Å². The molecule has 2 rings (SSSR count). The minimum absolute atomic E-state index is 0.165. The first-order chi connectivity index (χ1) is 10.0. The predicted octanol–water partition coefficient (Wildman–Crippen LogP) is 2.56. The van der Waals surface area contributed by atoms with E-state index < -0.39 is 6.04 Å². The monoisotopic (exact) mass is 284 g/mol. The zero-order valence-electron chi connectivity index (χ0n) is 12.1. The van der Waals surface area contributed by atoms with Crippen LogP contribution >= 0.6 is 0 Å². The molecule has 0 fully saturated rings. The van der Waals surface area contributed by atoms with Crippen LogP contribution < -0.4 is 5.32 Å². The van der Waals surface area contributed by atoms with Gasteiger partial charge in [0.05, 0.1) is 11.6 Å². The van der Waals surface area contributed by atoms with Gasteiger partial charge < -0.3 is 9.84 Å². The lowest BCUT2D eigenvalue weighted by atomic mass is 10.1. The Hall–Kier alpha value is -2.68. The number of hydrogen-bond acceptors (Lipinski definition) is 5. The van der Waals surface area contributed by atoms with E-state index >= 15 is 0 Å². The quantitative estimate of drug-likeness (QED) is 0.931. The molecule has 1 N–H and O–H groups in total. The van der Waals surface area contributed by atoms with Gasteiger partial charge in [0, 0.05) is 11.5 Å². The van der Waals surface area contributed by atoms with Gasteiger partial charge >= 0.3 is 0 Å². The number of nitrogens with zero attached hydrogens (tertiary/aromatic N) is 3. The van der Waals surface area contributed by atoms with Crippen molar-refractivity contribution in [1.82, 2.24) is 15.5 Å². The first-order valence-corrected chi connectivity index (χ1v) is 6.65. The first kappa shape index (κ1) is 14.7. The van der Waals surface area contributed by atoms with Gasteiger partial charge in [-0.3, -0.25) is 4.79 Å². The van der Waals surface area contributed by atoms with E-state index in [0.29, 0.717) is 22.8 Å². The Labute approximate surface area is 122 Å². The summed E-state index contributed by atoms with van der Waals surface area (Å²) in [6, 6.07) is 8.10. The molecule has 1 aromatic heterocycles. The molecule has 108 valence electrons.